The Kier molecular flexibility index (Phi) is 5.33. The topological polar surface area (TPSA) is 66.0 Å². The van der Waals surface area contributed by atoms with E-state index in [0.717, 1.165) is 47.4 Å². The first-order valence-electron chi connectivity index (χ1n) is 8.17. The average molecular weight is 345 g/mol. The number of pyridine rings is 1. The first kappa shape index (κ1) is 16.7. The maximum absolute atomic E-state index is 6.12. The van der Waals surface area contributed by atoms with Crippen molar-refractivity contribution in [3.05, 3.63) is 41.8 Å². The number of hydrogen-bond donors (Lipinski definition) is 1. The maximum Gasteiger partial charge on any atom is 0.163 e. The van der Waals surface area contributed by atoms with Crippen LogP contribution in [0.4, 0.5) is 0 Å². The molecule has 0 aliphatic rings. The summed E-state index contributed by atoms with van der Waals surface area (Å²) < 4.78 is 8.00. The Morgan fingerprint density at radius 2 is 2.12 bits per heavy atom. The van der Waals surface area contributed by atoms with Gasteiger partial charge in [0.05, 0.1) is 24.8 Å². The molecule has 0 fully saturated rings. The van der Waals surface area contributed by atoms with Crippen molar-refractivity contribution >= 4 is 22.6 Å². The molecule has 0 aliphatic heterocycles. The minimum atomic E-state index is 0.624. The minimum absolute atomic E-state index is 0.624. The predicted molar refractivity (Wildman–Crippen MR) is 97.4 cm³/mol. The van der Waals surface area contributed by atoms with Crippen molar-refractivity contribution in [3.63, 3.8) is 0 Å². The number of benzene rings is 1. The fraction of sp³-hybridized carbons (Fsp3) is 0.333. The van der Waals surface area contributed by atoms with Gasteiger partial charge in [0.2, 0.25) is 0 Å². The molecule has 0 radical (unpaired) electrons. The molecule has 0 unspecified atom stereocenters. The number of aryl methyl sites for hydroxylation is 1. The third kappa shape index (κ3) is 3.37. The van der Waals surface area contributed by atoms with Gasteiger partial charge in [0.25, 0.3) is 0 Å². The highest BCUT2D eigenvalue weighted by Gasteiger charge is 2.15. The fourth-order valence-corrected chi connectivity index (χ4v) is 2.87. The number of ether oxygens (including phenoxy) is 1. The van der Waals surface area contributed by atoms with E-state index in [1.807, 2.05) is 30.6 Å². The van der Waals surface area contributed by atoms with Gasteiger partial charge in [0.1, 0.15) is 11.0 Å². The lowest BCUT2D eigenvalue weighted by Crippen LogP contribution is -2.05. The quantitative estimate of drug-likeness (QED) is 0.660. The second-order valence-electron chi connectivity index (χ2n) is 5.55. The molecule has 5 nitrogen and oxygen atoms in total. The Labute approximate surface area is 146 Å². The van der Waals surface area contributed by atoms with Crippen LogP contribution < -0.4 is 10.5 Å². The largest absolute Gasteiger partial charge is 0.490 e. The van der Waals surface area contributed by atoms with E-state index in [9.17, 15) is 0 Å². The third-order valence-electron chi connectivity index (χ3n) is 3.90. The molecule has 0 amide bonds. The van der Waals surface area contributed by atoms with E-state index in [-0.39, 0.29) is 0 Å². The average Bonchev–Trinajstić information content (AvgIpc) is 3.03. The van der Waals surface area contributed by atoms with Crippen molar-refractivity contribution in [2.45, 2.75) is 26.3 Å². The number of halogens is 1. The van der Waals surface area contributed by atoms with Gasteiger partial charge in [-0.05, 0) is 38.4 Å². The highest BCUT2D eigenvalue weighted by molar-refractivity contribution is 6.30. The van der Waals surface area contributed by atoms with Crippen LogP contribution in [0.5, 0.6) is 5.75 Å². The molecule has 0 atom stereocenters. The molecule has 1 aromatic carbocycles. The molecule has 126 valence electrons. The van der Waals surface area contributed by atoms with E-state index in [1.165, 1.54) is 0 Å². The molecule has 2 heterocycles. The molecule has 0 spiro atoms. The van der Waals surface area contributed by atoms with E-state index in [0.29, 0.717) is 18.2 Å². The van der Waals surface area contributed by atoms with Crippen molar-refractivity contribution in [2.24, 2.45) is 5.73 Å². The summed E-state index contributed by atoms with van der Waals surface area (Å²) in [5.74, 6) is 0.757. The van der Waals surface area contributed by atoms with Gasteiger partial charge in [-0.25, -0.2) is 9.97 Å². The van der Waals surface area contributed by atoms with Crippen LogP contribution in [0, 0.1) is 0 Å². The number of rotatable bonds is 7. The molecule has 0 bridgehead atoms. The van der Waals surface area contributed by atoms with Crippen molar-refractivity contribution in [2.75, 3.05) is 13.2 Å². The normalized spacial score (nSPS) is 11.1. The van der Waals surface area contributed by atoms with E-state index in [1.54, 1.807) is 6.20 Å². The molecule has 0 saturated carbocycles. The van der Waals surface area contributed by atoms with E-state index >= 15 is 0 Å². The van der Waals surface area contributed by atoms with Gasteiger partial charge in [-0.3, -0.25) is 0 Å². The second kappa shape index (κ2) is 7.64. The number of aromatic nitrogens is 3. The number of nitrogens with two attached hydrogens (primary N) is 1. The van der Waals surface area contributed by atoms with E-state index in [2.05, 4.69) is 21.5 Å². The van der Waals surface area contributed by atoms with Crippen molar-refractivity contribution in [3.8, 4) is 17.0 Å². The third-order valence-corrected chi connectivity index (χ3v) is 4.14. The summed E-state index contributed by atoms with van der Waals surface area (Å²) in [4.78, 5) is 9.14. The monoisotopic (exact) mass is 344 g/mol. The van der Waals surface area contributed by atoms with Crippen LogP contribution >= 0.6 is 11.6 Å². The first-order valence-corrected chi connectivity index (χ1v) is 8.55. The standard InChI is InChI=1S/C18H21ClN4O/c1-2-23-12-22-17-16(13-6-5-7-14(19)10-13)21-11-15(18(17)23)24-9-4-3-8-20/h5-7,10-12H,2-4,8-9,20H2,1H3. The molecule has 0 saturated heterocycles. The molecule has 24 heavy (non-hydrogen) atoms. The van der Waals surface area contributed by atoms with Crippen LogP contribution in [-0.4, -0.2) is 27.7 Å². The maximum atomic E-state index is 6.12. The van der Waals surface area contributed by atoms with E-state index in [4.69, 9.17) is 22.1 Å². The Bertz CT molecular complexity index is 831. The van der Waals surface area contributed by atoms with Gasteiger partial charge in [0.15, 0.2) is 5.75 Å². The first-order chi connectivity index (χ1) is 11.7. The van der Waals surface area contributed by atoms with Crippen molar-refractivity contribution in [1.82, 2.24) is 14.5 Å². The predicted octanol–water partition coefficient (Wildman–Crippen LogP) is 3.89. The Morgan fingerprint density at radius 3 is 2.88 bits per heavy atom. The lowest BCUT2D eigenvalue weighted by atomic mass is 10.1. The summed E-state index contributed by atoms with van der Waals surface area (Å²) in [7, 11) is 0. The number of nitrogens with zero attached hydrogens (tertiary/aromatic N) is 3. The van der Waals surface area contributed by atoms with Gasteiger partial charge in [-0.15, -0.1) is 0 Å². The van der Waals surface area contributed by atoms with Gasteiger partial charge >= 0.3 is 0 Å². The molecule has 2 aromatic heterocycles. The molecule has 3 aromatic rings. The smallest absolute Gasteiger partial charge is 0.163 e. The zero-order valence-electron chi connectivity index (χ0n) is 13.7. The zero-order valence-corrected chi connectivity index (χ0v) is 14.5. The van der Waals surface area contributed by atoms with Crippen LogP contribution in [0.3, 0.4) is 0 Å². The summed E-state index contributed by atoms with van der Waals surface area (Å²) in [5, 5.41) is 0.680. The number of hydrogen-bond acceptors (Lipinski definition) is 4. The molecular formula is C18H21ClN4O. The molecular weight excluding hydrogens is 324 g/mol. The number of imidazole rings is 1. The number of fused-ring (bicyclic) bond motifs is 1. The Morgan fingerprint density at radius 1 is 1.25 bits per heavy atom. The van der Waals surface area contributed by atoms with Crippen LogP contribution in [0.25, 0.3) is 22.3 Å². The fourth-order valence-electron chi connectivity index (χ4n) is 2.68. The summed E-state index contributed by atoms with van der Waals surface area (Å²) in [6.45, 7) is 4.20. The van der Waals surface area contributed by atoms with Crippen LogP contribution in [-0.2, 0) is 6.54 Å². The Hall–Kier alpha value is -2.11. The van der Waals surface area contributed by atoms with Crippen molar-refractivity contribution in [1.29, 1.82) is 0 Å². The van der Waals surface area contributed by atoms with Crippen LogP contribution in [0.2, 0.25) is 5.02 Å². The summed E-state index contributed by atoms with van der Waals surface area (Å²) >= 11 is 6.12. The van der Waals surface area contributed by atoms with E-state index < -0.39 is 0 Å². The molecule has 3 rings (SSSR count). The van der Waals surface area contributed by atoms with Gasteiger partial charge in [-0.2, -0.15) is 0 Å². The zero-order chi connectivity index (χ0) is 16.9. The SMILES string of the molecule is CCn1cnc2c(-c3cccc(Cl)c3)ncc(OCCCCN)c21. The van der Waals surface area contributed by atoms with Crippen LogP contribution in [0.1, 0.15) is 19.8 Å². The lowest BCUT2D eigenvalue weighted by Gasteiger charge is -2.11. The summed E-state index contributed by atoms with van der Waals surface area (Å²) in [5.41, 5.74) is 9.09. The summed E-state index contributed by atoms with van der Waals surface area (Å²) in [6.07, 6.45) is 5.47. The second-order valence-corrected chi connectivity index (χ2v) is 5.99. The number of unbranched alkanes of at least 4 members (excludes halogenated alkanes) is 1. The van der Waals surface area contributed by atoms with Crippen molar-refractivity contribution < 1.29 is 4.74 Å². The Balaban J connectivity index is 2.03. The molecule has 2 N–H and O–H groups in total. The summed E-state index contributed by atoms with van der Waals surface area (Å²) in [6, 6.07) is 7.65. The highest BCUT2D eigenvalue weighted by atomic mass is 35.5. The molecule has 0 aliphatic carbocycles. The lowest BCUT2D eigenvalue weighted by molar-refractivity contribution is 0.309. The minimum Gasteiger partial charge on any atom is -0.490 e. The highest BCUT2D eigenvalue weighted by Crippen LogP contribution is 2.32. The van der Waals surface area contributed by atoms with Gasteiger partial charge < -0.3 is 15.0 Å². The van der Waals surface area contributed by atoms with Gasteiger partial charge in [-0.1, -0.05) is 23.7 Å². The van der Waals surface area contributed by atoms with Crippen LogP contribution in [0.15, 0.2) is 36.8 Å². The van der Waals surface area contributed by atoms with Gasteiger partial charge in [0, 0.05) is 17.1 Å². The molecule has 6 heteroatoms.